The molecule has 0 spiro atoms. The van der Waals surface area contributed by atoms with Crippen LogP contribution in [0.2, 0.25) is 0 Å². The van der Waals surface area contributed by atoms with E-state index in [4.69, 9.17) is 9.15 Å². The van der Waals surface area contributed by atoms with Gasteiger partial charge in [-0.1, -0.05) is 18.2 Å². The summed E-state index contributed by atoms with van der Waals surface area (Å²) in [6, 6.07) is 8.16. The van der Waals surface area contributed by atoms with Crippen LogP contribution in [0.25, 0.3) is 11.0 Å². The minimum atomic E-state index is 0.861. The number of hydrogen-bond donors (Lipinski definition) is 1. The molecular formula is C16H21NO2. The Hall–Kier alpha value is -1.32. The summed E-state index contributed by atoms with van der Waals surface area (Å²) in [5, 5.41) is 4.65. The van der Waals surface area contributed by atoms with Crippen molar-refractivity contribution in [2.24, 2.45) is 5.92 Å². The first-order valence-electron chi connectivity index (χ1n) is 7.17. The van der Waals surface area contributed by atoms with E-state index in [2.05, 4.69) is 11.4 Å². The van der Waals surface area contributed by atoms with Crippen LogP contribution < -0.4 is 5.32 Å². The molecule has 0 unspecified atom stereocenters. The quantitative estimate of drug-likeness (QED) is 0.738. The van der Waals surface area contributed by atoms with Gasteiger partial charge in [0.15, 0.2) is 0 Å². The Balaban J connectivity index is 1.35. The smallest absolute Gasteiger partial charge is 0.134 e. The van der Waals surface area contributed by atoms with Crippen molar-refractivity contribution in [2.75, 3.05) is 19.8 Å². The van der Waals surface area contributed by atoms with Gasteiger partial charge in [0.2, 0.25) is 0 Å². The van der Waals surface area contributed by atoms with Gasteiger partial charge >= 0.3 is 0 Å². The lowest BCUT2D eigenvalue weighted by Crippen LogP contribution is -2.16. The Morgan fingerprint density at radius 1 is 1.26 bits per heavy atom. The van der Waals surface area contributed by atoms with Gasteiger partial charge in [-0.05, 0) is 37.8 Å². The Bertz CT molecular complexity index is 516. The largest absolute Gasteiger partial charge is 0.464 e. The van der Waals surface area contributed by atoms with Crippen LogP contribution in [0.3, 0.4) is 0 Å². The number of fused-ring (bicyclic) bond motifs is 1. The molecule has 0 amide bonds. The van der Waals surface area contributed by atoms with Crippen molar-refractivity contribution in [1.82, 2.24) is 5.32 Å². The van der Waals surface area contributed by atoms with Gasteiger partial charge in [0.05, 0.1) is 6.26 Å². The fourth-order valence-electron chi connectivity index (χ4n) is 2.23. The van der Waals surface area contributed by atoms with Crippen LogP contribution in [0.1, 0.15) is 24.8 Å². The van der Waals surface area contributed by atoms with Crippen LogP contribution in [-0.4, -0.2) is 19.8 Å². The fourth-order valence-corrected chi connectivity index (χ4v) is 2.23. The summed E-state index contributed by atoms with van der Waals surface area (Å²) in [5.41, 5.74) is 2.20. The van der Waals surface area contributed by atoms with E-state index in [-0.39, 0.29) is 0 Å². The topological polar surface area (TPSA) is 34.4 Å². The lowest BCUT2D eigenvalue weighted by molar-refractivity contribution is 0.122. The first-order chi connectivity index (χ1) is 9.43. The maximum Gasteiger partial charge on any atom is 0.134 e. The third-order valence-electron chi connectivity index (χ3n) is 3.57. The van der Waals surface area contributed by atoms with Crippen LogP contribution in [-0.2, 0) is 11.3 Å². The molecule has 1 N–H and O–H groups in total. The number of nitrogens with one attached hydrogen (secondary N) is 1. The van der Waals surface area contributed by atoms with E-state index >= 15 is 0 Å². The Morgan fingerprint density at radius 2 is 2.16 bits per heavy atom. The highest BCUT2D eigenvalue weighted by Gasteiger charge is 2.20. The predicted octanol–water partition coefficient (Wildman–Crippen LogP) is 3.34. The molecule has 1 aromatic carbocycles. The molecule has 2 aromatic rings. The molecule has 0 saturated heterocycles. The maximum atomic E-state index is 5.61. The van der Waals surface area contributed by atoms with Gasteiger partial charge in [-0.3, -0.25) is 0 Å². The van der Waals surface area contributed by atoms with Gasteiger partial charge in [-0.2, -0.15) is 0 Å². The molecule has 1 aliphatic carbocycles. The van der Waals surface area contributed by atoms with E-state index in [1.807, 2.05) is 24.5 Å². The zero-order valence-corrected chi connectivity index (χ0v) is 11.2. The minimum Gasteiger partial charge on any atom is -0.464 e. The zero-order chi connectivity index (χ0) is 12.9. The number of benzene rings is 1. The lowest BCUT2D eigenvalue weighted by Gasteiger charge is -2.04. The SMILES string of the molecule is c1ccc2c(CNCCCOCC3CC3)coc2c1. The molecule has 19 heavy (non-hydrogen) atoms. The van der Waals surface area contributed by atoms with Gasteiger partial charge in [-0.15, -0.1) is 0 Å². The summed E-state index contributed by atoms with van der Waals surface area (Å²) in [5.74, 6) is 0.866. The molecule has 3 rings (SSSR count). The molecule has 0 atom stereocenters. The monoisotopic (exact) mass is 259 g/mol. The predicted molar refractivity (Wildman–Crippen MR) is 76.1 cm³/mol. The average Bonchev–Trinajstić information content (AvgIpc) is 3.18. The number of furan rings is 1. The van der Waals surface area contributed by atoms with Crippen LogP contribution in [0.4, 0.5) is 0 Å². The van der Waals surface area contributed by atoms with Crippen molar-refractivity contribution in [2.45, 2.75) is 25.8 Å². The lowest BCUT2D eigenvalue weighted by atomic mass is 10.2. The number of ether oxygens (including phenoxy) is 1. The summed E-state index contributed by atoms with van der Waals surface area (Å²) in [6.07, 6.45) is 5.65. The summed E-state index contributed by atoms with van der Waals surface area (Å²) in [7, 11) is 0. The third kappa shape index (κ3) is 3.58. The molecule has 102 valence electrons. The normalized spacial score (nSPS) is 15.2. The van der Waals surface area contributed by atoms with Gasteiger partial charge in [0.1, 0.15) is 5.58 Å². The molecule has 0 radical (unpaired) electrons. The second-order valence-corrected chi connectivity index (χ2v) is 5.31. The van der Waals surface area contributed by atoms with Crippen LogP contribution in [0.5, 0.6) is 0 Å². The molecule has 1 aromatic heterocycles. The molecule has 1 saturated carbocycles. The van der Waals surface area contributed by atoms with E-state index < -0.39 is 0 Å². The highest BCUT2D eigenvalue weighted by atomic mass is 16.5. The third-order valence-corrected chi connectivity index (χ3v) is 3.57. The van der Waals surface area contributed by atoms with Crippen LogP contribution in [0, 0.1) is 5.92 Å². The molecule has 0 bridgehead atoms. The summed E-state index contributed by atoms with van der Waals surface area (Å²) in [4.78, 5) is 0. The number of hydrogen-bond acceptors (Lipinski definition) is 3. The summed E-state index contributed by atoms with van der Waals surface area (Å²) < 4.78 is 11.1. The standard InChI is InChI=1S/C16H21NO2/c1-2-5-16-15(4-1)14(12-19-16)10-17-8-3-9-18-11-13-6-7-13/h1-2,4-5,12-13,17H,3,6-11H2. The second-order valence-electron chi connectivity index (χ2n) is 5.31. The fraction of sp³-hybridized carbons (Fsp3) is 0.500. The van der Waals surface area contributed by atoms with E-state index in [9.17, 15) is 0 Å². The molecular weight excluding hydrogens is 238 g/mol. The van der Waals surface area contributed by atoms with E-state index in [1.165, 1.54) is 23.8 Å². The first-order valence-corrected chi connectivity index (χ1v) is 7.17. The number of para-hydroxylation sites is 1. The van der Waals surface area contributed by atoms with Gasteiger partial charge < -0.3 is 14.5 Å². The highest BCUT2D eigenvalue weighted by molar-refractivity contribution is 5.80. The average molecular weight is 259 g/mol. The molecule has 1 heterocycles. The van der Waals surface area contributed by atoms with Gasteiger partial charge in [0.25, 0.3) is 0 Å². The highest BCUT2D eigenvalue weighted by Crippen LogP contribution is 2.28. The zero-order valence-electron chi connectivity index (χ0n) is 11.2. The van der Waals surface area contributed by atoms with Gasteiger partial charge in [-0.25, -0.2) is 0 Å². The van der Waals surface area contributed by atoms with Crippen molar-refractivity contribution in [1.29, 1.82) is 0 Å². The van der Waals surface area contributed by atoms with E-state index in [0.29, 0.717) is 0 Å². The molecule has 3 heteroatoms. The number of rotatable bonds is 8. The second kappa shape index (κ2) is 6.22. The Morgan fingerprint density at radius 3 is 3.05 bits per heavy atom. The van der Waals surface area contributed by atoms with Crippen molar-refractivity contribution < 1.29 is 9.15 Å². The molecule has 1 fully saturated rings. The van der Waals surface area contributed by atoms with Crippen molar-refractivity contribution in [3.8, 4) is 0 Å². The molecule has 0 aliphatic heterocycles. The summed E-state index contributed by atoms with van der Waals surface area (Å²) in [6.45, 7) is 3.69. The van der Waals surface area contributed by atoms with Crippen molar-refractivity contribution in [3.63, 3.8) is 0 Å². The summed E-state index contributed by atoms with van der Waals surface area (Å²) >= 11 is 0. The van der Waals surface area contributed by atoms with Crippen molar-refractivity contribution >= 4 is 11.0 Å². The first kappa shape index (κ1) is 12.7. The van der Waals surface area contributed by atoms with E-state index in [0.717, 1.165) is 44.2 Å². The Labute approximate surface area is 113 Å². The molecule has 1 aliphatic rings. The van der Waals surface area contributed by atoms with Gasteiger partial charge in [0, 0.05) is 30.7 Å². The van der Waals surface area contributed by atoms with Crippen LogP contribution >= 0.6 is 0 Å². The minimum absolute atomic E-state index is 0.861. The molecule has 3 nitrogen and oxygen atoms in total. The maximum absolute atomic E-state index is 5.61. The van der Waals surface area contributed by atoms with Crippen LogP contribution in [0.15, 0.2) is 34.9 Å². The Kier molecular flexibility index (Phi) is 4.16. The van der Waals surface area contributed by atoms with E-state index in [1.54, 1.807) is 0 Å². The van der Waals surface area contributed by atoms with Crippen molar-refractivity contribution in [3.05, 3.63) is 36.1 Å².